The van der Waals surface area contributed by atoms with Crippen molar-refractivity contribution in [3.8, 4) is 5.75 Å². The fourth-order valence-electron chi connectivity index (χ4n) is 2.36. The number of nitrogens with one attached hydrogen (secondary N) is 2. The number of methoxy groups -OCH3 is 1. The second kappa shape index (κ2) is 7.32. The first-order valence-electron chi connectivity index (χ1n) is 6.93. The molecule has 0 aliphatic carbocycles. The number of benzene rings is 1. The molecule has 1 unspecified atom stereocenters. The Morgan fingerprint density at radius 3 is 2.86 bits per heavy atom. The van der Waals surface area contributed by atoms with Crippen LogP contribution in [0.2, 0.25) is 0 Å². The van der Waals surface area contributed by atoms with Gasteiger partial charge in [0.1, 0.15) is 5.75 Å². The maximum absolute atomic E-state index is 11.5. The zero-order valence-corrected chi connectivity index (χ0v) is 15.0. The minimum absolute atomic E-state index is 0.0828. The molecule has 2 rings (SSSR count). The maximum Gasteiger partial charge on any atom is 0.191 e. The van der Waals surface area contributed by atoms with Gasteiger partial charge in [-0.2, -0.15) is 0 Å². The van der Waals surface area contributed by atoms with Gasteiger partial charge >= 0.3 is 0 Å². The van der Waals surface area contributed by atoms with Crippen LogP contribution in [0.4, 0.5) is 0 Å². The Labute approximate surface area is 139 Å². The molecule has 1 aromatic carbocycles. The van der Waals surface area contributed by atoms with Gasteiger partial charge in [0, 0.05) is 29.7 Å². The molecule has 0 aromatic heterocycles. The van der Waals surface area contributed by atoms with Crippen LogP contribution in [0.1, 0.15) is 12.0 Å². The lowest BCUT2D eigenvalue weighted by Gasteiger charge is -2.17. The molecule has 0 bridgehead atoms. The first-order valence-corrected chi connectivity index (χ1v) is 9.55. The van der Waals surface area contributed by atoms with Gasteiger partial charge in [0.2, 0.25) is 0 Å². The molecule has 22 heavy (non-hydrogen) atoms. The molecular weight excluding hydrogens is 370 g/mol. The lowest BCUT2D eigenvalue weighted by atomic mass is 10.2. The average molecular weight is 390 g/mol. The number of rotatable bonds is 4. The van der Waals surface area contributed by atoms with Gasteiger partial charge in [-0.3, -0.25) is 4.99 Å². The molecule has 0 saturated carbocycles. The van der Waals surface area contributed by atoms with Gasteiger partial charge < -0.3 is 15.4 Å². The zero-order chi connectivity index (χ0) is 16.2. The van der Waals surface area contributed by atoms with Gasteiger partial charge in [-0.1, -0.05) is 15.9 Å². The summed E-state index contributed by atoms with van der Waals surface area (Å²) in [5.41, 5.74) is 0.985. The molecule has 1 heterocycles. The van der Waals surface area contributed by atoms with Crippen molar-refractivity contribution >= 4 is 31.7 Å². The van der Waals surface area contributed by atoms with Crippen LogP contribution in [0.25, 0.3) is 0 Å². The number of aliphatic imine (C=N–C) groups is 1. The number of hydrogen-bond acceptors (Lipinski definition) is 4. The van der Waals surface area contributed by atoms with E-state index < -0.39 is 9.84 Å². The van der Waals surface area contributed by atoms with E-state index in [1.807, 2.05) is 18.2 Å². The Hall–Kier alpha value is -1.28. The largest absolute Gasteiger partial charge is 0.496 e. The van der Waals surface area contributed by atoms with E-state index in [4.69, 9.17) is 4.74 Å². The fourth-order valence-corrected chi connectivity index (χ4v) is 4.44. The molecule has 1 fully saturated rings. The minimum Gasteiger partial charge on any atom is -0.496 e. The summed E-state index contributed by atoms with van der Waals surface area (Å²) in [7, 11) is 0.388. The first-order chi connectivity index (χ1) is 10.4. The van der Waals surface area contributed by atoms with Crippen LogP contribution in [0.5, 0.6) is 5.75 Å². The predicted octanol–water partition coefficient (Wildman–Crippen LogP) is 1.31. The number of hydrogen-bond donors (Lipinski definition) is 2. The third kappa shape index (κ3) is 4.61. The van der Waals surface area contributed by atoms with E-state index in [9.17, 15) is 8.42 Å². The van der Waals surface area contributed by atoms with Crippen LogP contribution >= 0.6 is 15.9 Å². The number of ether oxygens (including phenoxy) is 1. The molecule has 6 nitrogen and oxygen atoms in total. The normalized spacial score (nSPS) is 20.7. The van der Waals surface area contributed by atoms with Crippen LogP contribution < -0.4 is 15.4 Å². The average Bonchev–Trinajstić information content (AvgIpc) is 2.82. The zero-order valence-electron chi connectivity index (χ0n) is 12.6. The van der Waals surface area contributed by atoms with Crippen molar-refractivity contribution in [3.63, 3.8) is 0 Å². The lowest BCUT2D eigenvalue weighted by Crippen LogP contribution is -2.43. The summed E-state index contributed by atoms with van der Waals surface area (Å²) in [4.78, 5) is 4.14. The number of guanidine groups is 1. The maximum atomic E-state index is 11.5. The van der Waals surface area contributed by atoms with E-state index >= 15 is 0 Å². The van der Waals surface area contributed by atoms with Crippen LogP contribution in [0.15, 0.2) is 27.7 Å². The summed E-state index contributed by atoms with van der Waals surface area (Å²) in [6, 6.07) is 5.69. The van der Waals surface area contributed by atoms with Crippen molar-refractivity contribution in [2.45, 2.75) is 19.0 Å². The van der Waals surface area contributed by atoms with Crippen LogP contribution in [0, 0.1) is 0 Å². The van der Waals surface area contributed by atoms with Gasteiger partial charge in [-0.15, -0.1) is 0 Å². The van der Waals surface area contributed by atoms with Gasteiger partial charge in [0.15, 0.2) is 15.8 Å². The SMILES string of the molecule is CN=C(NCc1cc(Br)ccc1OC)NC1CCS(=O)(=O)C1. The molecule has 0 amide bonds. The fraction of sp³-hybridized carbons (Fsp3) is 0.500. The molecule has 2 N–H and O–H groups in total. The second-order valence-corrected chi connectivity index (χ2v) is 8.27. The summed E-state index contributed by atoms with van der Waals surface area (Å²) in [5.74, 6) is 1.77. The van der Waals surface area contributed by atoms with Gasteiger partial charge in [-0.25, -0.2) is 8.42 Å². The van der Waals surface area contributed by atoms with Gasteiger partial charge in [0.05, 0.1) is 18.6 Å². The summed E-state index contributed by atoms with van der Waals surface area (Å²) in [6.45, 7) is 0.530. The molecule has 1 aliphatic rings. The molecule has 0 spiro atoms. The summed E-state index contributed by atoms with van der Waals surface area (Å²) in [5, 5.41) is 6.34. The monoisotopic (exact) mass is 389 g/mol. The molecule has 0 radical (unpaired) electrons. The van der Waals surface area contributed by atoms with E-state index in [2.05, 4.69) is 31.6 Å². The minimum atomic E-state index is -2.90. The Morgan fingerprint density at radius 2 is 2.27 bits per heavy atom. The standard InChI is InChI=1S/C14H20BrN3O3S/c1-16-14(18-12-5-6-22(19,20)9-12)17-8-10-7-11(15)3-4-13(10)21-2/h3-4,7,12H,5-6,8-9H2,1-2H3,(H2,16,17,18). The molecule has 122 valence electrons. The van der Waals surface area contributed by atoms with Crippen molar-refractivity contribution in [2.24, 2.45) is 4.99 Å². The topological polar surface area (TPSA) is 79.8 Å². The molecule has 1 saturated heterocycles. The van der Waals surface area contributed by atoms with Crippen LogP contribution in [-0.4, -0.2) is 46.1 Å². The van der Waals surface area contributed by atoms with Crippen molar-refractivity contribution in [3.05, 3.63) is 28.2 Å². The number of halogens is 1. The number of nitrogens with zero attached hydrogens (tertiary/aromatic N) is 1. The Kier molecular flexibility index (Phi) is 5.69. The first kappa shape index (κ1) is 17.1. The number of sulfone groups is 1. The molecule has 8 heteroatoms. The van der Waals surface area contributed by atoms with E-state index in [0.29, 0.717) is 18.9 Å². The van der Waals surface area contributed by atoms with Crippen LogP contribution in [-0.2, 0) is 16.4 Å². The smallest absolute Gasteiger partial charge is 0.191 e. The third-order valence-electron chi connectivity index (χ3n) is 3.49. The highest BCUT2D eigenvalue weighted by atomic mass is 79.9. The van der Waals surface area contributed by atoms with Crippen molar-refractivity contribution < 1.29 is 13.2 Å². The lowest BCUT2D eigenvalue weighted by molar-refractivity contribution is 0.409. The van der Waals surface area contributed by atoms with Gasteiger partial charge in [-0.05, 0) is 24.6 Å². The Balaban J connectivity index is 1.96. The predicted molar refractivity (Wildman–Crippen MR) is 91.1 cm³/mol. The quantitative estimate of drug-likeness (QED) is 0.599. The third-order valence-corrected chi connectivity index (χ3v) is 5.75. The summed E-state index contributed by atoms with van der Waals surface area (Å²) < 4.78 is 29.3. The highest BCUT2D eigenvalue weighted by Crippen LogP contribution is 2.22. The van der Waals surface area contributed by atoms with E-state index in [-0.39, 0.29) is 17.5 Å². The van der Waals surface area contributed by atoms with Crippen molar-refractivity contribution in [1.82, 2.24) is 10.6 Å². The van der Waals surface area contributed by atoms with E-state index in [0.717, 1.165) is 15.8 Å². The van der Waals surface area contributed by atoms with Crippen molar-refractivity contribution in [2.75, 3.05) is 25.7 Å². The second-order valence-electron chi connectivity index (χ2n) is 5.13. The molecule has 1 aliphatic heterocycles. The Bertz CT molecular complexity index is 661. The van der Waals surface area contributed by atoms with Crippen molar-refractivity contribution in [1.29, 1.82) is 0 Å². The van der Waals surface area contributed by atoms with Gasteiger partial charge in [0.25, 0.3) is 0 Å². The molecule has 1 atom stereocenters. The highest BCUT2D eigenvalue weighted by molar-refractivity contribution is 9.10. The highest BCUT2D eigenvalue weighted by Gasteiger charge is 2.28. The van der Waals surface area contributed by atoms with E-state index in [1.54, 1.807) is 14.2 Å². The van der Waals surface area contributed by atoms with Crippen LogP contribution in [0.3, 0.4) is 0 Å². The molecule has 1 aromatic rings. The summed E-state index contributed by atoms with van der Waals surface area (Å²) >= 11 is 3.44. The summed E-state index contributed by atoms with van der Waals surface area (Å²) in [6.07, 6.45) is 0.614. The van der Waals surface area contributed by atoms with E-state index in [1.165, 1.54) is 0 Å². The molecular formula is C14H20BrN3O3S. The Morgan fingerprint density at radius 1 is 1.50 bits per heavy atom.